The molecule has 2 aromatic carbocycles. The van der Waals surface area contributed by atoms with Crippen molar-refractivity contribution in [2.75, 3.05) is 11.9 Å². The van der Waals surface area contributed by atoms with Crippen LogP contribution in [0.3, 0.4) is 0 Å². The van der Waals surface area contributed by atoms with Crippen LogP contribution >= 0.6 is 27.3 Å². The van der Waals surface area contributed by atoms with Crippen molar-refractivity contribution in [2.24, 2.45) is 0 Å². The number of amides is 3. The lowest BCUT2D eigenvalue weighted by Crippen LogP contribution is -2.49. The van der Waals surface area contributed by atoms with Crippen LogP contribution in [0, 0.1) is 0 Å². The summed E-state index contributed by atoms with van der Waals surface area (Å²) in [6.07, 6.45) is 5.22. The number of urea groups is 1. The fraction of sp³-hybridized carbons (Fsp3) is 0.333. The first-order chi connectivity index (χ1) is 16.6. The van der Waals surface area contributed by atoms with Gasteiger partial charge in [0.15, 0.2) is 0 Å². The van der Waals surface area contributed by atoms with Crippen LogP contribution in [0.25, 0.3) is 0 Å². The summed E-state index contributed by atoms with van der Waals surface area (Å²) in [5.41, 5.74) is 1.79. The Morgan fingerprint density at radius 3 is 2.44 bits per heavy atom. The van der Waals surface area contributed by atoms with E-state index in [9.17, 15) is 9.59 Å². The van der Waals surface area contributed by atoms with Gasteiger partial charge in [-0.2, -0.15) is 0 Å². The smallest absolute Gasteiger partial charge is 0.322 e. The Morgan fingerprint density at radius 2 is 1.74 bits per heavy atom. The van der Waals surface area contributed by atoms with E-state index in [4.69, 9.17) is 0 Å². The van der Waals surface area contributed by atoms with Gasteiger partial charge >= 0.3 is 6.03 Å². The van der Waals surface area contributed by atoms with E-state index in [1.807, 2.05) is 70.9 Å². The van der Waals surface area contributed by atoms with E-state index < -0.39 is 0 Å². The molecule has 3 amide bonds. The first kappa shape index (κ1) is 24.5. The van der Waals surface area contributed by atoms with Gasteiger partial charge in [-0.1, -0.05) is 77.7 Å². The summed E-state index contributed by atoms with van der Waals surface area (Å²) in [5.74, 6) is -0.0350. The maximum Gasteiger partial charge on any atom is 0.322 e. The highest BCUT2D eigenvalue weighted by Gasteiger charge is 2.29. The van der Waals surface area contributed by atoms with Crippen molar-refractivity contribution in [3.05, 3.63) is 87.0 Å². The number of halogens is 1. The number of carbonyl (C=O) groups is 2. The van der Waals surface area contributed by atoms with Crippen LogP contribution in [0.4, 0.5) is 10.5 Å². The van der Waals surface area contributed by atoms with Gasteiger partial charge < -0.3 is 15.1 Å². The molecule has 1 saturated carbocycles. The molecule has 1 N–H and O–H groups in total. The number of carbonyl (C=O) groups excluding carboxylic acids is 2. The molecule has 178 valence electrons. The van der Waals surface area contributed by atoms with Gasteiger partial charge in [0.05, 0.1) is 6.54 Å². The number of hydrogen-bond acceptors (Lipinski definition) is 3. The summed E-state index contributed by atoms with van der Waals surface area (Å²) in [5, 5.41) is 5.04. The number of anilines is 1. The average molecular weight is 541 g/mol. The molecule has 0 atom stereocenters. The Bertz CT molecular complexity index is 1070. The average Bonchev–Trinajstić information content (AvgIpc) is 3.36. The van der Waals surface area contributed by atoms with Crippen molar-refractivity contribution in [2.45, 2.75) is 51.2 Å². The Morgan fingerprint density at radius 1 is 0.941 bits per heavy atom. The molecule has 0 radical (unpaired) electrons. The van der Waals surface area contributed by atoms with E-state index in [0.717, 1.165) is 40.6 Å². The van der Waals surface area contributed by atoms with Crippen LogP contribution in [-0.2, 0) is 17.9 Å². The first-order valence-electron chi connectivity index (χ1n) is 11.8. The van der Waals surface area contributed by atoms with E-state index in [1.165, 1.54) is 6.42 Å². The molecule has 1 heterocycles. The molecular weight excluding hydrogens is 510 g/mol. The lowest BCUT2D eigenvalue weighted by molar-refractivity contribution is -0.133. The molecule has 1 fully saturated rings. The maximum atomic E-state index is 13.6. The summed E-state index contributed by atoms with van der Waals surface area (Å²) in [7, 11) is 0. The van der Waals surface area contributed by atoms with Crippen LogP contribution in [-0.4, -0.2) is 34.3 Å². The van der Waals surface area contributed by atoms with Crippen LogP contribution in [0.15, 0.2) is 76.6 Å². The van der Waals surface area contributed by atoms with Crippen molar-refractivity contribution < 1.29 is 9.59 Å². The highest BCUT2D eigenvalue weighted by atomic mass is 79.9. The van der Waals surface area contributed by atoms with E-state index in [1.54, 1.807) is 16.2 Å². The molecule has 5 nitrogen and oxygen atoms in total. The van der Waals surface area contributed by atoms with Gasteiger partial charge in [-0.15, -0.1) is 11.3 Å². The molecule has 7 heteroatoms. The summed E-state index contributed by atoms with van der Waals surface area (Å²) in [6.45, 7) is 1.13. The molecule has 1 aromatic heterocycles. The zero-order valence-electron chi connectivity index (χ0n) is 19.2. The molecule has 34 heavy (non-hydrogen) atoms. The zero-order valence-corrected chi connectivity index (χ0v) is 21.6. The topological polar surface area (TPSA) is 52.7 Å². The highest BCUT2D eigenvalue weighted by Crippen LogP contribution is 2.25. The predicted octanol–water partition coefficient (Wildman–Crippen LogP) is 6.91. The van der Waals surface area contributed by atoms with Gasteiger partial charge in [0.1, 0.15) is 6.54 Å². The van der Waals surface area contributed by atoms with Crippen molar-refractivity contribution in [1.82, 2.24) is 9.80 Å². The molecule has 4 rings (SSSR count). The number of rotatable bonds is 8. The highest BCUT2D eigenvalue weighted by molar-refractivity contribution is 9.10. The van der Waals surface area contributed by atoms with Crippen LogP contribution < -0.4 is 5.32 Å². The van der Waals surface area contributed by atoms with Gasteiger partial charge in [-0.3, -0.25) is 4.79 Å². The van der Waals surface area contributed by atoms with Gasteiger partial charge in [0.2, 0.25) is 5.91 Å². The van der Waals surface area contributed by atoms with Crippen molar-refractivity contribution in [1.29, 1.82) is 0 Å². The third-order valence-corrected chi connectivity index (χ3v) is 7.51. The van der Waals surface area contributed by atoms with E-state index in [2.05, 4.69) is 27.3 Å². The number of benzene rings is 2. The van der Waals surface area contributed by atoms with Gasteiger partial charge in [-0.05, 0) is 48.1 Å². The largest absolute Gasteiger partial charge is 0.332 e. The number of hydrogen-bond donors (Lipinski definition) is 1. The monoisotopic (exact) mass is 539 g/mol. The van der Waals surface area contributed by atoms with Crippen molar-refractivity contribution >= 4 is 44.9 Å². The van der Waals surface area contributed by atoms with Crippen molar-refractivity contribution in [3.63, 3.8) is 0 Å². The van der Waals surface area contributed by atoms with Crippen LogP contribution in [0.1, 0.15) is 42.5 Å². The third-order valence-electron chi connectivity index (χ3n) is 6.15. The van der Waals surface area contributed by atoms with E-state index in [0.29, 0.717) is 18.8 Å². The normalized spacial score (nSPS) is 13.9. The molecule has 1 aliphatic rings. The maximum absolute atomic E-state index is 13.6. The summed E-state index contributed by atoms with van der Waals surface area (Å²) < 4.78 is 0.899. The lowest BCUT2D eigenvalue weighted by atomic mass is 9.94. The molecule has 0 unspecified atom stereocenters. The van der Waals surface area contributed by atoms with Gasteiger partial charge in [0.25, 0.3) is 0 Å². The Kier molecular flexibility index (Phi) is 8.77. The van der Waals surface area contributed by atoms with E-state index in [-0.39, 0.29) is 24.5 Å². The Labute approximate surface area is 213 Å². The molecular formula is C27H30BrN3O2S. The standard InChI is InChI=1S/C27H30BrN3O2S/c28-22-11-7-12-23(17-22)29-27(33)31(24-13-5-2-6-14-24)20-26(32)30(19-25-15-8-16-34-25)18-21-9-3-1-4-10-21/h1,3-4,7-12,15-17,24H,2,5-6,13-14,18-20H2,(H,29,33). The fourth-order valence-electron chi connectivity index (χ4n) is 4.39. The second-order valence-electron chi connectivity index (χ2n) is 8.67. The molecule has 3 aromatic rings. The van der Waals surface area contributed by atoms with Crippen molar-refractivity contribution in [3.8, 4) is 0 Å². The molecule has 1 aliphatic carbocycles. The molecule has 0 aliphatic heterocycles. The van der Waals surface area contributed by atoms with Gasteiger partial charge in [0, 0.05) is 27.6 Å². The minimum Gasteiger partial charge on any atom is -0.332 e. The van der Waals surface area contributed by atoms with Crippen LogP contribution in [0.2, 0.25) is 0 Å². The number of nitrogens with one attached hydrogen (secondary N) is 1. The Balaban J connectivity index is 1.52. The predicted molar refractivity (Wildman–Crippen MR) is 142 cm³/mol. The van der Waals surface area contributed by atoms with Gasteiger partial charge in [-0.25, -0.2) is 4.79 Å². The third kappa shape index (κ3) is 6.93. The molecule has 0 bridgehead atoms. The number of nitrogens with zero attached hydrogens (tertiary/aromatic N) is 2. The summed E-state index contributed by atoms with van der Waals surface area (Å²) in [4.78, 5) is 31.8. The zero-order chi connectivity index (χ0) is 23.8. The second kappa shape index (κ2) is 12.2. The summed E-state index contributed by atoms with van der Waals surface area (Å²) >= 11 is 5.10. The SMILES string of the molecule is O=C(CN(C(=O)Nc1cccc(Br)c1)C1CCCCC1)N(Cc1ccccc1)Cc1cccs1. The molecule has 0 saturated heterocycles. The minimum absolute atomic E-state index is 0.0350. The summed E-state index contributed by atoms with van der Waals surface area (Å²) in [6, 6.07) is 21.5. The molecule has 0 spiro atoms. The lowest BCUT2D eigenvalue weighted by Gasteiger charge is -2.35. The number of thiophene rings is 1. The Hall–Kier alpha value is -2.64. The van der Waals surface area contributed by atoms with E-state index >= 15 is 0 Å². The first-order valence-corrected chi connectivity index (χ1v) is 13.4. The minimum atomic E-state index is -0.214. The fourth-order valence-corrected chi connectivity index (χ4v) is 5.51. The van der Waals surface area contributed by atoms with Crippen LogP contribution in [0.5, 0.6) is 0 Å². The second-order valence-corrected chi connectivity index (χ2v) is 10.6. The quantitative estimate of drug-likeness (QED) is 0.338.